The van der Waals surface area contributed by atoms with Gasteiger partial charge in [0.25, 0.3) is 0 Å². The largest absolute Gasteiger partial charge is 0.494 e. The fourth-order valence-electron chi connectivity index (χ4n) is 1.46. The molecule has 0 atom stereocenters. The van der Waals surface area contributed by atoms with E-state index in [2.05, 4.69) is 6.07 Å². The zero-order chi connectivity index (χ0) is 12.0. The molecule has 0 saturated carbocycles. The summed E-state index contributed by atoms with van der Waals surface area (Å²) in [6, 6.07) is 7.10. The second-order valence-electron chi connectivity index (χ2n) is 3.39. The molecule has 4 heteroatoms. The van der Waals surface area contributed by atoms with Crippen LogP contribution in [0.15, 0.2) is 18.2 Å². The van der Waals surface area contributed by atoms with Crippen molar-refractivity contribution in [1.29, 1.82) is 5.26 Å². The van der Waals surface area contributed by atoms with Gasteiger partial charge in [0.05, 0.1) is 19.7 Å². The summed E-state index contributed by atoms with van der Waals surface area (Å²) in [6.45, 7) is 3.37. The van der Waals surface area contributed by atoms with Crippen LogP contribution in [0.2, 0.25) is 0 Å². The fraction of sp³-hybridized carbons (Fsp3) is 0.417. The van der Waals surface area contributed by atoms with Crippen LogP contribution >= 0.6 is 0 Å². The van der Waals surface area contributed by atoms with Gasteiger partial charge in [0.1, 0.15) is 0 Å². The van der Waals surface area contributed by atoms with Gasteiger partial charge >= 0.3 is 0 Å². The van der Waals surface area contributed by atoms with Crippen LogP contribution < -0.4 is 4.74 Å². The van der Waals surface area contributed by atoms with Gasteiger partial charge in [0, 0.05) is 12.1 Å². The molecule has 0 fully saturated rings. The zero-order valence-electron chi connectivity index (χ0n) is 9.53. The molecule has 0 unspecified atom stereocenters. The lowest BCUT2D eigenvalue weighted by Gasteiger charge is -2.17. The lowest BCUT2D eigenvalue weighted by Crippen LogP contribution is -2.23. The van der Waals surface area contributed by atoms with Crippen molar-refractivity contribution in [3.8, 4) is 11.8 Å². The zero-order valence-corrected chi connectivity index (χ0v) is 9.53. The Morgan fingerprint density at radius 1 is 1.50 bits per heavy atom. The number of benzene rings is 1. The molecule has 0 N–H and O–H groups in total. The van der Waals surface area contributed by atoms with Crippen LogP contribution in [0.5, 0.6) is 5.75 Å². The molecule has 1 aromatic carbocycles. The van der Waals surface area contributed by atoms with Crippen LogP contribution in [0.3, 0.4) is 0 Å². The Labute approximate surface area is 95.1 Å². The van der Waals surface area contributed by atoms with E-state index in [-0.39, 0.29) is 11.6 Å². The van der Waals surface area contributed by atoms with Crippen molar-refractivity contribution in [3.05, 3.63) is 29.6 Å². The van der Waals surface area contributed by atoms with E-state index in [9.17, 15) is 4.39 Å². The molecule has 16 heavy (non-hydrogen) atoms. The quantitative estimate of drug-likeness (QED) is 0.716. The minimum Gasteiger partial charge on any atom is -0.494 e. The molecular weight excluding hydrogens is 207 g/mol. The molecule has 0 spiro atoms. The first-order valence-electron chi connectivity index (χ1n) is 5.13. The molecule has 1 rings (SSSR count). The van der Waals surface area contributed by atoms with Crippen molar-refractivity contribution in [2.24, 2.45) is 0 Å². The van der Waals surface area contributed by atoms with E-state index < -0.39 is 0 Å². The van der Waals surface area contributed by atoms with E-state index in [1.165, 1.54) is 7.11 Å². The van der Waals surface area contributed by atoms with Crippen LogP contribution in [0.4, 0.5) is 4.39 Å². The maximum Gasteiger partial charge on any atom is 0.169 e. The topological polar surface area (TPSA) is 36.3 Å². The minimum absolute atomic E-state index is 0.241. The molecular formula is C12H15FN2O. The number of nitriles is 1. The number of ether oxygens (including phenoxy) is 1. The van der Waals surface area contributed by atoms with Crippen molar-refractivity contribution in [2.45, 2.75) is 13.5 Å². The van der Waals surface area contributed by atoms with Gasteiger partial charge in [-0.1, -0.05) is 19.1 Å². The lowest BCUT2D eigenvalue weighted by molar-refractivity contribution is 0.305. The molecule has 0 aliphatic heterocycles. The summed E-state index contributed by atoms with van der Waals surface area (Å²) >= 11 is 0. The van der Waals surface area contributed by atoms with Crippen molar-refractivity contribution < 1.29 is 9.13 Å². The fourth-order valence-corrected chi connectivity index (χ4v) is 1.46. The van der Waals surface area contributed by atoms with Gasteiger partial charge in [0.2, 0.25) is 0 Å². The molecule has 0 aromatic heterocycles. The molecule has 0 bridgehead atoms. The lowest BCUT2D eigenvalue weighted by atomic mass is 10.2. The first-order chi connectivity index (χ1) is 7.72. The van der Waals surface area contributed by atoms with E-state index >= 15 is 0 Å². The van der Waals surface area contributed by atoms with Gasteiger partial charge in [0.15, 0.2) is 11.6 Å². The second kappa shape index (κ2) is 6.09. The van der Waals surface area contributed by atoms with Crippen LogP contribution in [-0.4, -0.2) is 25.1 Å². The van der Waals surface area contributed by atoms with Crippen LogP contribution in [0, 0.1) is 17.1 Å². The molecule has 0 heterocycles. The van der Waals surface area contributed by atoms with E-state index in [1.54, 1.807) is 18.2 Å². The number of methoxy groups -OCH3 is 1. The van der Waals surface area contributed by atoms with Crippen molar-refractivity contribution in [1.82, 2.24) is 4.90 Å². The Hall–Kier alpha value is -1.60. The van der Waals surface area contributed by atoms with E-state index in [0.29, 0.717) is 25.2 Å². The number of halogens is 1. The molecule has 0 aliphatic carbocycles. The average Bonchev–Trinajstić information content (AvgIpc) is 2.31. The second-order valence-corrected chi connectivity index (χ2v) is 3.39. The maximum absolute atomic E-state index is 13.8. The molecule has 1 aromatic rings. The van der Waals surface area contributed by atoms with E-state index in [1.807, 2.05) is 11.8 Å². The number of nitrogens with zero attached hydrogens (tertiary/aromatic N) is 2. The average molecular weight is 222 g/mol. The highest BCUT2D eigenvalue weighted by molar-refractivity contribution is 5.31. The number of hydrogen-bond acceptors (Lipinski definition) is 3. The van der Waals surface area contributed by atoms with Crippen LogP contribution in [0.25, 0.3) is 0 Å². The van der Waals surface area contributed by atoms with Gasteiger partial charge in [-0.3, -0.25) is 4.90 Å². The molecule has 0 saturated heterocycles. The third kappa shape index (κ3) is 2.94. The monoisotopic (exact) mass is 222 g/mol. The van der Waals surface area contributed by atoms with E-state index in [0.717, 1.165) is 0 Å². The van der Waals surface area contributed by atoms with Gasteiger partial charge in [-0.25, -0.2) is 4.39 Å². The van der Waals surface area contributed by atoms with Crippen molar-refractivity contribution in [2.75, 3.05) is 20.2 Å². The molecule has 0 aliphatic rings. The van der Waals surface area contributed by atoms with Crippen LogP contribution in [0.1, 0.15) is 12.5 Å². The van der Waals surface area contributed by atoms with Gasteiger partial charge in [-0.2, -0.15) is 5.26 Å². The van der Waals surface area contributed by atoms with E-state index in [4.69, 9.17) is 10.00 Å². The van der Waals surface area contributed by atoms with Crippen molar-refractivity contribution >= 4 is 0 Å². The highest BCUT2D eigenvalue weighted by Gasteiger charge is 2.11. The first-order valence-corrected chi connectivity index (χ1v) is 5.13. The highest BCUT2D eigenvalue weighted by Crippen LogP contribution is 2.20. The molecule has 86 valence electrons. The number of hydrogen-bond donors (Lipinski definition) is 0. The van der Waals surface area contributed by atoms with Gasteiger partial charge in [-0.05, 0) is 12.6 Å². The predicted octanol–water partition coefficient (Wildman–Crippen LogP) is 2.18. The summed E-state index contributed by atoms with van der Waals surface area (Å²) in [5.74, 6) is -0.105. The minimum atomic E-state index is -0.346. The summed E-state index contributed by atoms with van der Waals surface area (Å²) in [7, 11) is 1.44. The smallest absolute Gasteiger partial charge is 0.169 e. The maximum atomic E-state index is 13.8. The molecule has 3 nitrogen and oxygen atoms in total. The first kappa shape index (κ1) is 12.5. The summed E-state index contributed by atoms with van der Waals surface area (Å²) < 4.78 is 18.7. The van der Waals surface area contributed by atoms with Gasteiger partial charge in [-0.15, -0.1) is 0 Å². The Bertz CT molecular complexity index is 387. The van der Waals surface area contributed by atoms with Crippen molar-refractivity contribution in [3.63, 3.8) is 0 Å². The Morgan fingerprint density at radius 2 is 2.25 bits per heavy atom. The molecule has 0 amide bonds. The Morgan fingerprint density at radius 3 is 2.81 bits per heavy atom. The highest BCUT2D eigenvalue weighted by atomic mass is 19.1. The third-order valence-electron chi connectivity index (χ3n) is 2.40. The Kier molecular flexibility index (Phi) is 4.74. The summed E-state index contributed by atoms with van der Waals surface area (Å²) in [5, 5.41) is 8.61. The summed E-state index contributed by atoms with van der Waals surface area (Å²) in [6.07, 6.45) is 0. The number of rotatable bonds is 5. The normalized spacial score (nSPS) is 10.2. The third-order valence-corrected chi connectivity index (χ3v) is 2.40. The summed E-state index contributed by atoms with van der Waals surface area (Å²) in [4.78, 5) is 1.86. The predicted molar refractivity (Wildman–Crippen MR) is 59.5 cm³/mol. The standard InChI is InChI=1S/C12H15FN2O/c1-3-15(8-7-14)9-10-5-4-6-11(16-2)12(10)13/h4-6H,3,8-9H2,1-2H3. The SMILES string of the molecule is CCN(CC#N)Cc1cccc(OC)c1F. The Balaban J connectivity index is 2.84. The molecule has 0 radical (unpaired) electrons. The van der Waals surface area contributed by atoms with Gasteiger partial charge < -0.3 is 4.74 Å². The summed E-state index contributed by atoms with van der Waals surface area (Å²) in [5.41, 5.74) is 0.552. The van der Waals surface area contributed by atoms with Crippen LogP contribution in [-0.2, 0) is 6.54 Å².